The summed E-state index contributed by atoms with van der Waals surface area (Å²) in [6.45, 7) is 19.3. The zero-order valence-corrected chi connectivity index (χ0v) is 39.9. The van der Waals surface area contributed by atoms with Gasteiger partial charge in [-0.25, -0.2) is 0 Å². The van der Waals surface area contributed by atoms with E-state index in [4.69, 9.17) is 0 Å². The molecule has 6 nitrogen and oxygen atoms in total. The minimum absolute atomic E-state index is 0.0378. The van der Waals surface area contributed by atoms with E-state index in [0.717, 1.165) is 103 Å². The van der Waals surface area contributed by atoms with Gasteiger partial charge in [-0.1, -0.05) is 146 Å². The highest BCUT2D eigenvalue weighted by Crippen LogP contribution is 2.70. The number of amides is 2. The van der Waals surface area contributed by atoms with E-state index >= 15 is 0 Å². The van der Waals surface area contributed by atoms with Crippen molar-refractivity contribution in [2.45, 2.75) is 177 Å². The first-order chi connectivity index (χ1) is 29.3. The number of hydrogen-bond acceptors (Lipinski definition) is 4. The molecule has 0 radical (unpaired) electrons. The molecule has 0 aromatic heterocycles. The van der Waals surface area contributed by atoms with Crippen molar-refractivity contribution >= 4 is 11.8 Å². The van der Waals surface area contributed by atoms with Gasteiger partial charge in [0.1, 0.15) is 0 Å². The number of nitrogens with one attached hydrogen (secondary N) is 3. The normalized spacial score (nSPS) is 32.1. The third-order valence-corrected chi connectivity index (χ3v) is 16.1. The highest BCUT2D eigenvalue weighted by molar-refractivity contribution is 5.84. The molecule has 0 bridgehead atoms. The van der Waals surface area contributed by atoms with Crippen molar-refractivity contribution in [2.75, 3.05) is 26.2 Å². The lowest BCUT2D eigenvalue weighted by Crippen LogP contribution is -2.61. The molecule has 4 aliphatic carbocycles. The molecule has 6 heteroatoms. The Morgan fingerprint density at radius 2 is 1.28 bits per heavy atom. The summed E-state index contributed by atoms with van der Waals surface area (Å²) in [6.07, 6.45) is 47.8. The molecule has 8 atom stereocenters. The van der Waals surface area contributed by atoms with Crippen LogP contribution in [0.15, 0.2) is 84.6 Å². The number of carbonyl (C=O) groups is 2. The fraction of sp³-hybridized carbons (Fsp3) is 0.709. The van der Waals surface area contributed by atoms with Gasteiger partial charge >= 0.3 is 0 Å². The molecular formula is C55H89N3O3. The van der Waals surface area contributed by atoms with Crippen LogP contribution in [0, 0.1) is 45.3 Å². The molecule has 4 rings (SSSR count). The number of rotatable bonds is 21. The van der Waals surface area contributed by atoms with E-state index in [2.05, 4.69) is 143 Å². The zero-order valence-electron chi connectivity index (χ0n) is 39.9. The summed E-state index contributed by atoms with van der Waals surface area (Å²) < 4.78 is 0. The van der Waals surface area contributed by atoms with Crippen molar-refractivity contribution in [3.05, 3.63) is 84.6 Å². The van der Waals surface area contributed by atoms with E-state index < -0.39 is 0 Å². The Morgan fingerprint density at radius 1 is 0.689 bits per heavy atom. The third kappa shape index (κ3) is 14.0. The Bertz CT molecular complexity index is 1570. The highest BCUT2D eigenvalue weighted by atomic mass is 16.3. The van der Waals surface area contributed by atoms with Gasteiger partial charge in [-0.05, 0) is 143 Å². The molecule has 0 spiro atoms. The van der Waals surface area contributed by atoms with Crippen LogP contribution in [0.5, 0.6) is 0 Å². The minimum Gasteiger partial charge on any atom is -0.393 e. The van der Waals surface area contributed by atoms with Crippen LogP contribution in [0.4, 0.5) is 0 Å². The second kappa shape index (κ2) is 25.4. The molecular weight excluding hydrogens is 751 g/mol. The number of allylic oxidation sites excluding steroid dienone is 14. The summed E-state index contributed by atoms with van der Waals surface area (Å²) in [5.74, 6) is 2.34. The average Bonchev–Trinajstić information content (AvgIpc) is 3.23. The Kier molecular flexibility index (Phi) is 21.1. The lowest BCUT2D eigenvalue weighted by atomic mass is 9.39. The molecule has 61 heavy (non-hydrogen) atoms. The van der Waals surface area contributed by atoms with Crippen molar-refractivity contribution < 1.29 is 14.7 Å². The predicted molar refractivity (Wildman–Crippen MR) is 259 cm³/mol. The summed E-state index contributed by atoms with van der Waals surface area (Å²) in [6, 6.07) is 0. The molecule has 4 aliphatic rings. The number of aliphatic hydroxyl groups excluding tert-OH is 1. The molecule has 342 valence electrons. The minimum atomic E-state index is -0.334. The standard InChI is InChI=1S/C55H89N3O3/c1-8-9-10-11-12-13-14-15-16-17-18-19-20-21-22-23-24-25-26-31-49(60)57-42-40-56-41-43-58-51(61)55-37-34-44(2)45(3)50(55)47-33-32-46-29-27-30-48(59)52(4,5)35-28-36-53(46,6)54(47,7)38-39-55/h9-10,12-13,15-16,18-19,21-22,24-25,33,44-46,48,50,56,59H,8,11,14,17,20,23,26-32,34-43H2,1-7H3,(H,57,60)(H,58,61). The van der Waals surface area contributed by atoms with Gasteiger partial charge in [0, 0.05) is 32.6 Å². The Morgan fingerprint density at radius 3 is 1.90 bits per heavy atom. The highest BCUT2D eigenvalue weighted by Gasteiger charge is 2.64. The largest absolute Gasteiger partial charge is 0.393 e. The first-order valence-corrected chi connectivity index (χ1v) is 24.9. The van der Waals surface area contributed by atoms with E-state index in [1.54, 1.807) is 5.57 Å². The molecule has 4 N–H and O–H groups in total. The predicted octanol–water partition coefficient (Wildman–Crippen LogP) is 12.4. The van der Waals surface area contributed by atoms with Crippen LogP contribution >= 0.6 is 0 Å². The fourth-order valence-corrected chi connectivity index (χ4v) is 11.6. The molecule has 0 heterocycles. The maximum absolute atomic E-state index is 14.5. The van der Waals surface area contributed by atoms with Crippen molar-refractivity contribution in [3.8, 4) is 0 Å². The van der Waals surface area contributed by atoms with E-state index in [0.29, 0.717) is 50.4 Å². The van der Waals surface area contributed by atoms with Gasteiger partial charge in [0.15, 0.2) is 0 Å². The summed E-state index contributed by atoms with van der Waals surface area (Å²) in [5, 5.41) is 20.9. The van der Waals surface area contributed by atoms with Crippen molar-refractivity contribution in [3.63, 3.8) is 0 Å². The third-order valence-electron chi connectivity index (χ3n) is 16.1. The van der Waals surface area contributed by atoms with Crippen LogP contribution in [-0.2, 0) is 9.59 Å². The van der Waals surface area contributed by atoms with Crippen LogP contribution in [0.2, 0.25) is 0 Å². The summed E-state index contributed by atoms with van der Waals surface area (Å²) in [4.78, 5) is 26.9. The summed E-state index contributed by atoms with van der Waals surface area (Å²) >= 11 is 0. The maximum Gasteiger partial charge on any atom is 0.226 e. The lowest BCUT2D eigenvalue weighted by molar-refractivity contribution is -0.148. The van der Waals surface area contributed by atoms with Gasteiger partial charge < -0.3 is 21.1 Å². The van der Waals surface area contributed by atoms with Crippen LogP contribution in [0.25, 0.3) is 0 Å². The first-order valence-electron chi connectivity index (χ1n) is 24.9. The molecule has 0 aromatic rings. The SMILES string of the molecule is CCC=CCC=CCC=CCC=CCC=CCC=CCCC(=O)NCCNCCNC(=O)C12CCC(C)C(C)C1C1=CCC3CCCC(O)C(C)(C)CCCC3(C)C1(C)CC2. The second-order valence-corrected chi connectivity index (χ2v) is 20.4. The Labute approximate surface area is 373 Å². The smallest absolute Gasteiger partial charge is 0.226 e. The van der Waals surface area contributed by atoms with Crippen molar-refractivity contribution in [2.24, 2.45) is 45.3 Å². The zero-order chi connectivity index (χ0) is 44.2. The summed E-state index contributed by atoms with van der Waals surface area (Å²) in [7, 11) is 0. The topological polar surface area (TPSA) is 90.5 Å². The first kappa shape index (κ1) is 50.7. The maximum atomic E-state index is 14.5. The summed E-state index contributed by atoms with van der Waals surface area (Å²) in [5.41, 5.74) is 1.53. The molecule has 8 unspecified atom stereocenters. The van der Waals surface area contributed by atoms with Crippen LogP contribution < -0.4 is 16.0 Å². The molecule has 2 amide bonds. The molecule has 0 aromatic carbocycles. The van der Waals surface area contributed by atoms with E-state index in [-0.39, 0.29) is 45.5 Å². The van der Waals surface area contributed by atoms with Gasteiger partial charge in [-0.3, -0.25) is 9.59 Å². The average molecular weight is 840 g/mol. The van der Waals surface area contributed by atoms with Gasteiger partial charge in [-0.2, -0.15) is 0 Å². The van der Waals surface area contributed by atoms with E-state index in [9.17, 15) is 14.7 Å². The van der Waals surface area contributed by atoms with Gasteiger partial charge in [0.25, 0.3) is 0 Å². The fourth-order valence-electron chi connectivity index (χ4n) is 11.6. The van der Waals surface area contributed by atoms with Crippen LogP contribution in [-0.4, -0.2) is 49.2 Å². The molecule has 0 aliphatic heterocycles. The van der Waals surface area contributed by atoms with Gasteiger partial charge in [0.05, 0.1) is 11.5 Å². The quantitative estimate of drug-likeness (QED) is 0.0684. The van der Waals surface area contributed by atoms with Crippen LogP contribution in [0.3, 0.4) is 0 Å². The van der Waals surface area contributed by atoms with Crippen molar-refractivity contribution in [1.29, 1.82) is 0 Å². The van der Waals surface area contributed by atoms with Crippen LogP contribution in [0.1, 0.15) is 170 Å². The number of fused-ring (bicyclic) bond motifs is 5. The second-order valence-electron chi connectivity index (χ2n) is 20.4. The Balaban J connectivity index is 1.13. The number of aliphatic hydroxyl groups is 1. The lowest BCUT2D eigenvalue weighted by Gasteiger charge is -2.65. The monoisotopic (exact) mass is 840 g/mol. The molecule has 0 saturated heterocycles. The Hall–Kier alpha value is -2.96. The number of carbonyl (C=O) groups excluding carboxylic acids is 2. The van der Waals surface area contributed by atoms with E-state index in [1.807, 2.05) is 0 Å². The van der Waals surface area contributed by atoms with E-state index in [1.165, 1.54) is 12.8 Å². The number of hydrogen-bond donors (Lipinski definition) is 4. The van der Waals surface area contributed by atoms with Crippen molar-refractivity contribution in [1.82, 2.24) is 16.0 Å². The molecule has 3 saturated carbocycles. The molecule has 3 fully saturated rings. The van der Waals surface area contributed by atoms with Gasteiger partial charge in [-0.15, -0.1) is 0 Å². The van der Waals surface area contributed by atoms with Gasteiger partial charge in [0.2, 0.25) is 11.8 Å².